The number of pyridine rings is 1. The van der Waals surface area contributed by atoms with Gasteiger partial charge in [-0.05, 0) is 48.9 Å². The second-order valence-corrected chi connectivity index (χ2v) is 8.06. The Morgan fingerprint density at radius 1 is 1.11 bits per heavy atom. The van der Waals surface area contributed by atoms with Gasteiger partial charge in [0.15, 0.2) is 5.69 Å². The van der Waals surface area contributed by atoms with Gasteiger partial charge in [0.05, 0.1) is 36.7 Å². The Bertz CT molecular complexity index is 1400. The lowest BCUT2D eigenvalue weighted by Gasteiger charge is -2.15. The van der Waals surface area contributed by atoms with Gasteiger partial charge in [0, 0.05) is 16.6 Å². The van der Waals surface area contributed by atoms with Gasteiger partial charge < -0.3 is 19.9 Å². The summed E-state index contributed by atoms with van der Waals surface area (Å²) in [6.45, 7) is 1.68. The molecule has 0 aliphatic rings. The molecule has 0 spiro atoms. The van der Waals surface area contributed by atoms with E-state index < -0.39 is 17.9 Å². The molecule has 0 saturated heterocycles. The number of ether oxygens (including phenoxy) is 2. The molecule has 0 aliphatic heterocycles. The number of nitrogens with one attached hydrogen (secondary N) is 1. The van der Waals surface area contributed by atoms with Crippen LogP contribution in [0.4, 0.5) is 0 Å². The number of amides is 1. The highest BCUT2D eigenvalue weighted by atomic mass is 35.5. The summed E-state index contributed by atoms with van der Waals surface area (Å²) in [4.78, 5) is 28.9. The van der Waals surface area contributed by atoms with E-state index in [9.17, 15) is 14.7 Å². The fourth-order valence-electron chi connectivity index (χ4n) is 3.82. The van der Waals surface area contributed by atoms with E-state index in [0.29, 0.717) is 39.0 Å². The second kappa shape index (κ2) is 10.0. The minimum atomic E-state index is -1.12. The Morgan fingerprint density at radius 2 is 1.83 bits per heavy atom. The van der Waals surface area contributed by atoms with Crippen LogP contribution in [0.3, 0.4) is 0 Å². The maximum atomic E-state index is 13.0. The summed E-state index contributed by atoms with van der Waals surface area (Å²) in [5.41, 5.74) is 2.40. The fraction of sp³-hybridized carbons (Fsp3) is 0.200. The van der Waals surface area contributed by atoms with Crippen molar-refractivity contribution in [2.24, 2.45) is 0 Å². The maximum absolute atomic E-state index is 13.0. The lowest BCUT2D eigenvalue weighted by Crippen LogP contribution is -2.40. The number of carbonyl (C=O) groups excluding carboxylic acids is 1. The maximum Gasteiger partial charge on any atom is 0.326 e. The molecule has 1 atom stereocenters. The number of benzene rings is 2. The molecule has 1 amide bonds. The van der Waals surface area contributed by atoms with Crippen LogP contribution in [0.2, 0.25) is 5.02 Å². The van der Waals surface area contributed by atoms with Crippen LogP contribution in [0, 0.1) is 0 Å². The van der Waals surface area contributed by atoms with Crippen molar-refractivity contribution in [2.75, 3.05) is 14.2 Å². The largest absolute Gasteiger partial charge is 0.496 e. The Morgan fingerprint density at radius 3 is 2.46 bits per heavy atom. The highest BCUT2D eigenvalue weighted by molar-refractivity contribution is 6.31. The molecule has 0 aliphatic carbocycles. The number of carboxylic acids is 1. The van der Waals surface area contributed by atoms with Crippen LogP contribution < -0.4 is 14.8 Å². The van der Waals surface area contributed by atoms with E-state index in [1.807, 2.05) is 6.07 Å². The number of hydrogen-bond acceptors (Lipinski definition) is 6. The van der Waals surface area contributed by atoms with Gasteiger partial charge in [-0.25, -0.2) is 9.48 Å². The number of carboxylic acid groups (broad SMARTS) is 1. The zero-order valence-corrected chi connectivity index (χ0v) is 20.0. The van der Waals surface area contributed by atoms with Crippen molar-refractivity contribution in [3.63, 3.8) is 0 Å². The molecule has 4 rings (SSSR count). The standard InChI is InChI=1S/C25H23ClN4O5/c1-4-16(25(32)33)28-24(31)18-13-20(23-21(34-2)6-5-7-22(23)35-3)30(29-18)19-10-11-27-17-12-14(26)8-9-15(17)19/h5-13,16H,4H2,1-3H3,(H,28,31)(H,32,33)/t16-/m0/s1. The van der Waals surface area contributed by atoms with Gasteiger partial charge in [-0.2, -0.15) is 5.10 Å². The molecule has 35 heavy (non-hydrogen) atoms. The topological polar surface area (TPSA) is 116 Å². The molecule has 0 saturated carbocycles. The monoisotopic (exact) mass is 494 g/mol. The highest BCUT2D eigenvalue weighted by Crippen LogP contribution is 2.40. The first-order valence-corrected chi connectivity index (χ1v) is 11.2. The number of nitrogens with zero attached hydrogens (tertiary/aromatic N) is 3. The lowest BCUT2D eigenvalue weighted by molar-refractivity contribution is -0.139. The predicted molar refractivity (Wildman–Crippen MR) is 132 cm³/mol. The fourth-order valence-corrected chi connectivity index (χ4v) is 3.99. The first kappa shape index (κ1) is 24.0. The van der Waals surface area contributed by atoms with E-state index in [0.717, 1.165) is 5.39 Å². The Labute approximate surface area is 206 Å². The van der Waals surface area contributed by atoms with E-state index in [2.05, 4.69) is 15.4 Å². The first-order chi connectivity index (χ1) is 16.9. The number of methoxy groups -OCH3 is 2. The molecular formula is C25H23ClN4O5. The molecular weight excluding hydrogens is 472 g/mol. The quantitative estimate of drug-likeness (QED) is 0.374. The van der Waals surface area contributed by atoms with E-state index in [1.54, 1.807) is 60.3 Å². The van der Waals surface area contributed by atoms with Crippen LogP contribution in [-0.2, 0) is 4.79 Å². The summed E-state index contributed by atoms with van der Waals surface area (Å²) in [5, 5.41) is 17.7. The van der Waals surface area contributed by atoms with Gasteiger partial charge in [0.2, 0.25) is 0 Å². The third-order valence-corrected chi connectivity index (χ3v) is 5.78. The predicted octanol–water partition coefficient (Wildman–Crippen LogP) is 4.35. The number of fused-ring (bicyclic) bond motifs is 1. The molecule has 2 heterocycles. The van der Waals surface area contributed by atoms with E-state index >= 15 is 0 Å². The SMILES string of the molecule is CC[C@H](NC(=O)c1cc(-c2c(OC)cccc2OC)n(-c2ccnc3cc(Cl)ccc23)n1)C(=O)O. The molecule has 2 aromatic carbocycles. The van der Waals surface area contributed by atoms with Crippen LogP contribution in [0.25, 0.3) is 27.8 Å². The minimum Gasteiger partial charge on any atom is -0.496 e. The number of aliphatic carboxylic acids is 1. The first-order valence-electron chi connectivity index (χ1n) is 10.8. The summed E-state index contributed by atoms with van der Waals surface area (Å²) in [6, 6.07) is 12.9. The van der Waals surface area contributed by atoms with Crippen molar-refractivity contribution in [1.29, 1.82) is 0 Å². The Balaban J connectivity index is 1.97. The van der Waals surface area contributed by atoms with Crippen molar-refractivity contribution in [2.45, 2.75) is 19.4 Å². The second-order valence-electron chi connectivity index (χ2n) is 7.63. The van der Waals surface area contributed by atoms with Crippen molar-refractivity contribution >= 4 is 34.4 Å². The van der Waals surface area contributed by atoms with Crippen molar-refractivity contribution < 1.29 is 24.2 Å². The van der Waals surface area contributed by atoms with Crippen molar-refractivity contribution in [1.82, 2.24) is 20.1 Å². The molecule has 0 fully saturated rings. The Hall–Kier alpha value is -4.11. The average molecular weight is 495 g/mol. The van der Waals surface area contributed by atoms with E-state index in [-0.39, 0.29) is 12.1 Å². The molecule has 0 unspecified atom stereocenters. The number of halogens is 1. The summed E-state index contributed by atoms with van der Waals surface area (Å²) in [7, 11) is 3.07. The smallest absolute Gasteiger partial charge is 0.326 e. The van der Waals surface area contributed by atoms with Crippen LogP contribution in [-0.4, -0.2) is 52.0 Å². The van der Waals surface area contributed by atoms with Gasteiger partial charge in [-0.1, -0.05) is 24.6 Å². The summed E-state index contributed by atoms with van der Waals surface area (Å²) in [5.74, 6) is -0.717. The summed E-state index contributed by atoms with van der Waals surface area (Å²) in [6.07, 6.45) is 1.85. The number of aromatic nitrogens is 3. The average Bonchev–Trinajstić information content (AvgIpc) is 3.30. The van der Waals surface area contributed by atoms with Crippen LogP contribution >= 0.6 is 11.6 Å². The van der Waals surface area contributed by atoms with Gasteiger partial charge in [-0.15, -0.1) is 0 Å². The molecule has 10 heteroatoms. The number of rotatable bonds is 8. The summed E-state index contributed by atoms with van der Waals surface area (Å²) < 4.78 is 12.8. The van der Waals surface area contributed by atoms with Gasteiger partial charge in [0.1, 0.15) is 17.5 Å². The van der Waals surface area contributed by atoms with Crippen LogP contribution in [0.5, 0.6) is 11.5 Å². The third kappa shape index (κ3) is 4.63. The zero-order chi connectivity index (χ0) is 25.1. The number of carbonyl (C=O) groups is 2. The molecule has 4 aromatic rings. The van der Waals surface area contributed by atoms with Gasteiger partial charge >= 0.3 is 5.97 Å². The summed E-state index contributed by atoms with van der Waals surface area (Å²) >= 11 is 6.16. The molecule has 2 N–H and O–H groups in total. The van der Waals surface area contributed by atoms with E-state index in [1.165, 1.54) is 14.2 Å². The van der Waals surface area contributed by atoms with Crippen molar-refractivity contribution in [3.8, 4) is 28.4 Å². The molecule has 0 bridgehead atoms. The lowest BCUT2D eigenvalue weighted by atomic mass is 10.1. The Kier molecular flexibility index (Phi) is 6.88. The minimum absolute atomic E-state index is 0.0339. The molecule has 2 aromatic heterocycles. The number of hydrogen-bond donors (Lipinski definition) is 2. The van der Waals surface area contributed by atoms with Gasteiger partial charge in [-0.3, -0.25) is 9.78 Å². The van der Waals surface area contributed by atoms with Gasteiger partial charge in [0.25, 0.3) is 5.91 Å². The molecule has 180 valence electrons. The molecule has 0 radical (unpaired) electrons. The highest BCUT2D eigenvalue weighted by Gasteiger charge is 2.25. The zero-order valence-electron chi connectivity index (χ0n) is 19.3. The van der Waals surface area contributed by atoms with E-state index in [4.69, 9.17) is 21.1 Å². The third-order valence-electron chi connectivity index (χ3n) is 5.55. The normalized spacial score (nSPS) is 11.8. The van der Waals surface area contributed by atoms with Crippen LogP contribution in [0.1, 0.15) is 23.8 Å². The van der Waals surface area contributed by atoms with Crippen molar-refractivity contribution in [3.05, 3.63) is 65.4 Å². The molecule has 9 nitrogen and oxygen atoms in total. The van der Waals surface area contributed by atoms with Crippen LogP contribution in [0.15, 0.2) is 54.7 Å².